The maximum Gasteiger partial charge on any atom is 0.681 e. The molecule has 0 aromatic carbocycles. The number of carbonyl (C=O) groups excluding carboxylic acids is 4. The van der Waals surface area contributed by atoms with Gasteiger partial charge in [0.2, 0.25) is 0 Å². The quantitative estimate of drug-likeness (QED) is 0.226. The van der Waals surface area contributed by atoms with Crippen LogP contribution >= 0.6 is 0 Å². The third-order valence-electron chi connectivity index (χ3n) is 5.27. The molecule has 4 saturated heterocycles. The lowest BCUT2D eigenvalue weighted by molar-refractivity contribution is -0.303. The second-order valence-corrected chi connectivity index (χ2v) is 10.2. The fourth-order valence-corrected chi connectivity index (χ4v) is 5.84. The van der Waals surface area contributed by atoms with Gasteiger partial charge in [0, 0.05) is 47.3 Å². The second-order valence-electron chi connectivity index (χ2n) is 8.07. The van der Waals surface area contributed by atoms with Gasteiger partial charge < -0.3 is 41.4 Å². The SMILES string of the molecule is CC(=O)OC[C@H]1O[C@@H](O[Si]23OCCN(CCO2)CCO3)[C@H](OC(C)=O)[C@@H](OC(C)=O)[C@H]1OC(C)=O. The monoisotopic (exact) mass is 521 g/mol. The van der Waals surface area contributed by atoms with Gasteiger partial charge in [-0.05, 0) is 0 Å². The summed E-state index contributed by atoms with van der Waals surface area (Å²) >= 11 is 0. The number of hydrogen-bond acceptors (Lipinski definition) is 14. The average molecular weight is 522 g/mol. The van der Waals surface area contributed by atoms with E-state index in [-0.39, 0.29) is 26.4 Å². The summed E-state index contributed by atoms with van der Waals surface area (Å²) in [5.74, 6) is -2.83. The number of esters is 4. The Labute approximate surface area is 203 Å². The predicted octanol–water partition coefficient (Wildman–Crippen LogP) is -1.10. The van der Waals surface area contributed by atoms with Gasteiger partial charge in [-0.25, -0.2) is 0 Å². The predicted molar refractivity (Wildman–Crippen MR) is 113 cm³/mol. The van der Waals surface area contributed by atoms with Crippen LogP contribution in [0.3, 0.4) is 0 Å². The van der Waals surface area contributed by atoms with Gasteiger partial charge in [0.1, 0.15) is 12.7 Å². The molecule has 4 rings (SSSR count). The summed E-state index contributed by atoms with van der Waals surface area (Å²) in [5.41, 5.74) is 0. The normalized spacial score (nSPS) is 35.1. The highest BCUT2D eigenvalue weighted by molar-refractivity contribution is 6.53. The van der Waals surface area contributed by atoms with Gasteiger partial charge in [0.05, 0.1) is 19.8 Å². The molecule has 4 aliphatic heterocycles. The van der Waals surface area contributed by atoms with Crippen molar-refractivity contribution in [2.45, 2.75) is 58.4 Å². The van der Waals surface area contributed by atoms with E-state index in [1.54, 1.807) is 0 Å². The van der Waals surface area contributed by atoms with Crippen LogP contribution in [0.1, 0.15) is 27.7 Å². The molecule has 35 heavy (non-hydrogen) atoms. The van der Waals surface area contributed by atoms with Gasteiger partial charge in [0.15, 0.2) is 24.6 Å². The summed E-state index contributed by atoms with van der Waals surface area (Å²) < 4.78 is 50.9. The summed E-state index contributed by atoms with van der Waals surface area (Å²) in [6.07, 6.45) is -6.61. The van der Waals surface area contributed by atoms with Gasteiger partial charge in [-0.1, -0.05) is 0 Å². The Morgan fingerprint density at radius 2 is 1.23 bits per heavy atom. The van der Waals surface area contributed by atoms with Crippen molar-refractivity contribution in [2.24, 2.45) is 0 Å². The Balaban J connectivity index is 1.95. The van der Waals surface area contributed by atoms with Crippen LogP contribution in [0.2, 0.25) is 0 Å². The summed E-state index contributed by atoms with van der Waals surface area (Å²) in [5, 5.41) is 0. The highest BCUT2D eigenvalue weighted by Gasteiger charge is 2.58. The van der Waals surface area contributed by atoms with Crippen molar-refractivity contribution in [3.05, 3.63) is 0 Å². The molecule has 0 saturated carbocycles. The smallest absolute Gasteiger partial charge is 0.463 e. The van der Waals surface area contributed by atoms with Crippen molar-refractivity contribution in [3.8, 4) is 0 Å². The Morgan fingerprint density at radius 1 is 0.743 bits per heavy atom. The first kappa shape index (κ1) is 27.4. The zero-order valence-corrected chi connectivity index (χ0v) is 21.1. The lowest BCUT2D eigenvalue weighted by Gasteiger charge is -2.46. The standard InChI is InChI=1S/C20H31NO13Si/c1-12(22)26-11-16-17(30-13(2)23)18(31-14(3)24)19(32-15(4)25)20(33-16)34-35-27-8-5-21(6-9-28-35)7-10-29-35/h16-20H,5-11H2,1-4H3/t16-,17+,18+,19-,20+/m1/s1. The number of rotatable bonds is 7. The van der Waals surface area contributed by atoms with Crippen molar-refractivity contribution in [3.63, 3.8) is 0 Å². The first-order valence-corrected chi connectivity index (χ1v) is 12.8. The molecule has 4 heterocycles. The number of carbonyl (C=O) groups is 4. The van der Waals surface area contributed by atoms with Gasteiger partial charge in [-0.3, -0.25) is 24.1 Å². The van der Waals surface area contributed by atoms with Gasteiger partial charge >= 0.3 is 32.9 Å². The van der Waals surface area contributed by atoms with E-state index in [1.807, 2.05) is 0 Å². The van der Waals surface area contributed by atoms with E-state index in [2.05, 4.69) is 4.90 Å². The van der Waals surface area contributed by atoms with Crippen molar-refractivity contribution in [1.29, 1.82) is 0 Å². The molecule has 2 bridgehead atoms. The highest BCUT2D eigenvalue weighted by atomic mass is 28.4. The maximum atomic E-state index is 12.0. The van der Waals surface area contributed by atoms with E-state index in [9.17, 15) is 19.2 Å². The van der Waals surface area contributed by atoms with Crippen LogP contribution in [0.25, 0.3) is 0 Å². The molecule has 198 valence electrons. The first-order valence-electron chi connectivity index (χ1n) is 11.2. The zero-order valence-electron chi connectivity index (χ0n) is 20.1. The largest absolute Gasteiger partial charge is 0.681 e. The lowest BCUT2D eigenvalue weighted by Crippen LogP contribution is -2.66. The molecule has 15 heteroatoms. The van der Waals surface area contributed by atoms with Crippen molar-refractivity contribution in [1.82, 2.24) is 4.90 Å². The van der Waals surface area contributed by atoms with Crippen LogP contribution in [-0.2, 0) is 60.6 Å². The Bertz CT molecular complexity index is 768. The summed E-state index contributed by atoms with van der Waals surface area (Å²) in [6, 6.07) is 0. The van der Waals surface area contributed by atoms with E-state index in [0.717, 1.165) is 20.8 Å². The van der Waals surface area contributed by atoms with E-state index in [0.29, 0.717) is 19.6 Å². The number of fused-ring (bicyclic) bond motifs is 6. The minimum atomic E-state index is -3.80. The van der Waals surface area contributed by atoms with Crippen LogP contribution in [0.5, 0.6) is 0 Å². The van der Waals surface area contributed by atoms with E-state index in [1.165, 1.54) is 6.92 Å². The third-order valence-corrected chi connectivity index (χ3v) is 7.46. The molecule has 14 nitrogen and oxygen atoms in total. The second kappa shape index (κ2) is 12.2. The molecule has 0 N–H and O–H groups in total. The van der Waals surface area contributed by atoms with Crippen molar-refractivity contribution >= 4 is 32.9 Å². The van der Waals surface area contributed by atoms with E-state index < -0.39 is 63.6 Å². The zero-order chi connectivity index (χ0) is 25.6. The fraction of sp³-hybridized carbons (Fsp3) is 0.800. The Morgan fingerprint density at radius 3 is 1.71 bits per heavy atom. The molecule has 0 aromatic rings. The van der Waals surface area contributed by atoms with Crippen LogP contribution in [0, 0.1) is 0 Å². The van der Waals surface area contributed by atoms with Crippen LogP contribution in [-0.4, -0.2) is 115 Å². The molecular weight excluding hydrogens is 490 g/mol. The molecule has 0 radical (unpaired) electrons. The molecule has 0 aliphatic carbocycles. The maximum absolute atomic E-state index is 12.0. The Kier molecular flexibility index (Phi) is 9.57. The van der Waals surface area contributed by atoms with Gasteiger partial charge in [-0.15, -0.1) is 0 Å². The minimum absolute atomic E-state index is 0.261. The fourth-order valence-electron chi connectivity index (χ4n) is 3.89. The summed E-state index contributed by atoms with van der Waals surface area (Å²) in [4.78, 5) is 49.4. The highest BCUT2D eigenvalue weighted by Crippen LogP contribution is 2.32. The number of nitrogens with zero attached hydrogens (tertiary/aromatic N) is 1. The molecule has 0 spiro atoms. The van der Waals surface area contributed by atoms with Crippen molar-refractivity contribution < 1.29 is 60.6 Å². The molecule has 0 amide bonds. The summed E-state index contributed by atoms with van der Waals surface area (Å²) in [7, 11) is -3.80. The van der Waals surface area contributed by atoms with Crippen LogP contribution < -0.4 is 0 Å². The molecular formula is C20H31NO13Si. The Hall–Kier alpha value is -2.14. The minimum Gasteiger partial charge on any atom is -0.463 e. The number of hydrogen-bond donors (Lipinski definition) is 0. The van der Waals surface area contributed by atoms with E-state index in [4.69, 9.17) is 41.4 Å². The first-order chi connectivity index (χ1) is 16.6. The third kappa shape index (κ3) is 7.67. The average Bonchev–Trinajstić information content (AvgIpc) is 2.70. The molecule has 0 aromatic heterocycles. The topological polar surface area (TPSA) is 155 Å². The van der Waals surface area contributed by atoms with E-state index >= 15 is 0 Å². The molecule has 5 atom stereocenters. The molecule has 0 unspecified atom stereocenters. The van der Waals surface area contributed by atoms with Crippen molar-refractivity contribution in [2.75, 3.05) is 46.1 Å². The van der Waals surface area contributed by atoms with Crippen LogP contribution in [0.4, 0.5) is 0 Å². The molecule has 4 fully saturated rings. The lowest BCUT2D eigenvalue weighted by atomic mass is 9.98. The van der Waals surface area contributed by atoms with Crippen LogP contribution in [0.15, 0.2) is 0 Å². The van der Waals surface area contributed by atoms with Gasteiger partial charge in [0.25, 0.3) is 0 Å². The summed E-state index contributed by atoms with van der Waals surface area (Å²) in [6.45, 7) is 6.96. The van der Waals surface area contributed by atoms with Gasteiger partial charge in [-0.2, -0.15) is 0 Å². The molecule has 4 aliphatic rings. The number of ether oxygens (including phenoxy) is 5.